The molecule has 0 aliphatic heterocycles. The fraction of sp³-hybridized carbons (Fsp3) is 0. The number of rotatable bonds is 1. The minimum Gasteiger partial charge on any atom is -0.423 e. The van der Waals surface area contributed by atoms with E-state index in [1.165, 1.54) is 35.4 Å². The Bertz CT molecular complexity index is 520. The second-order valence-corrected chi connectivity index (χ2v) is 3.68. The van der Waals surface area contributed by atoms with Gasteiger partial charge in [0.25, 0.3) is 0 Å². The zero-order chi connectivity index (χ0) is 12.3. The maximum atomic E-state index is 8.66. The Hall–Kier alpha value is -2.09. The van der Waals surface area contributed by atoms with Crippen LogP contribution in [0.4, 0.5) is 0 Å². The van der Waals surface area contributed by atoms with Crippen LogP contribution in [-0.2, 0) is 0 Å². The molecule has 0 spiro atoms. The van der Waals surface area contributed by atoms with Crippen LogP contribution < -0.4 is 5.46 Å². The van der Waals surface area contributed by atoms with E-state index >= 15 is 0 Å². The van der Waals surface area contributed by atoms with E-state index in [1.807, 2.05) is 6.07 Å². The van der Waals surface area contributed by atoms with Gasteiger partial charge in [-0.05, 0) is 28.7 Å². The molecule has 3 nitrogen and oxygen atoms in total. The van der Waals surface area contributed by atoms with Crippen LogP contribution >= 0.6 is 0 Å². The lowest BCUT2D eigenvalue weighted by molar-refractivity contribution is 0.426. The van der Waals surface area contributed by atoms with Gasteiger partial charge < -0.3 is 10.0 Å². The standard InChI is InChI=1S/C7H6BNO2.C6H4/c9-5-6-1-3-7(4-2-6)8(10)11;1-2-6-4-3-5(1)6/h1-4,10-11H;1-4H. The molecule has 0 fully saturated rings. The van der Waals surface area contributed by atoms with E-state index in [1.54, 1.807) is 0 Å². The second kappa shape index (κ2) is 4.83. The van der Waals surface area contributed by atoms with Crippen molar-refractivity contribution in [3.05, 3.63) is 54.1 Å². The molecule has 17 heavy (non-hydrogen) atoms. The van der Waals surface area contributed by atoms with Crippen molar-refractivity contribution in [1.29, 1.82) is 5.26 Å². The van der Waals surface area contributed by atoms with Crippen LogP contribution in [0.5, 0.6) is 0 Å². The van der Waals surface area contributed by atoms with Crippen LogP contribution in [0, 0.1) is 11.3 Å². The molecule has 0 aromatic heterocycles. The summed E-state index contributed by atoms with van der Waals surface area (Å²) >= 11 is 0. The number of benzene rings is 2. The average Bonchev–Trinajstić information content (AvgIpc) is 2.34. The Morgan fingerprint density at radius 2 is 1.29 bits per heavy atom. The van der Waals surface area contributed by atoms with E-state index in [9.17, 15) is 0 Å². The van der Waals surface area contributed by atoms with Crippen molar-refractivity contribution in [3.8, 4) is 17.2 Å². The quantitative estimate of drug-likeness (QED) is 0.602. The number of fused-ring (bicyclic) bond motifs is 1. The summed E-state index contributed by atoms with van der Waals surface area (Å²) in [5, 5.41) is 25.7. The molecule has 2 aliphatic rings. The summed E-state index contributed by atoms with van der Waals surface area (Å²) in [6.07, 6.45) is 0. The Labute approximate surface area is 99.7 Å². The van der Waals surface area contributed by atoms with E-state index < -0.39 is 7.12 Å². The van der Waals surface area contributed by atoms with Gasteiger partial charge in [-0.3, -0.25) is 0 Å². The molecule has 3 rings (SSSR count). The number of nitriles is 1. The van der Waals surface area contributed by atoms with E-state index in [0.29, 0.717) is 11.0 Å². The molecule has 1 aromatic carbocycles. The highest BCUT2D eigenvalue weighted by Gasteiger charge is 2.09. The van der Waals surface area contributed by atoms with Gasteiger partial charge in [-0.25, -0.2) is 0 Å². The summed E-state index contributed by atoms with van der Waals surface area (Å²) in [5.74, 6) is 0. The summed E-state index contributed by atoms with van der Waals surface area (Å²) in [4.78, 5) is 0. The third-order valence-corrected chi connectivity index (χ3v) is 2.56. The zero-order valence-corrected chi connectivity index (χ0v) is 9.04. The third-order valence-electron chi connectivity index (χ3n) is 2.56. The lowest BCUT2D eigenvalue weighted by Gasteiger charge is -2.10. The van der Waals surface area contributed by atoms with Gasteiger partial charge in [-0.2, -0.15) is 5.26 Å². The van der Waals surface area contributed by atoms with Gasteiger partial charge in [0.2, 0.25) is 0 Å². The van der Waals surface area contributed by atoms with Gasteiger partial charge in [0, 0.05) is 0 Å². The molecule has 0 saturated carbocycles. The molecule has 2 N–H and O–H groups in total. The van der Waals surface area contributed by atoms with Gasteiger partial charge >= 0.3 is 7.12 Å². The van der Waals surface area contributed by atoms with Crippen molar-refractivity contribution in [1.82, 2.24) is 0 Å². The lowest BCUT2D eigenvalue weighted by atomic mass is 9.80. The molecule has 1 aromatic rings. The fourth-order valence-electron chi connectivity index (χ4n) is 1.39. The highest BCUT2D eigenvalue weighted by molar-refractivity contribution is 6.58. The van der Waals surface area contributed by atoms with Gasteiger partial charge in [0.1, 0.15) is 0 Å². The van der Waals surface area contributed by atoms with E-state index in [2.05, 4.69) is 24.3 Å². The molecule has 0 heterocycles. The highest BCUT2D eigenvalue weighted by atomic mass is 16.4. The summed E-state index contributed by atoms with van der Waals surface area (Å²) in [7, 11) is -1.46. The van der Waals surface area contributed by atoms with Crippen LogP contribution in [-0.4, -0.2) is 17.2 Å². The molecule has 0 atom stereocenters. The normalized spacial score (nSPS) is 9.71. The Kier molecular flexibility index (Phi) is 3.24. The molecule has 0 bridgehead atoms. The smallest absolute Gasteiger partial charge is 0.423 e. The van der Waals surface area contributed by atoms with Crippen molar-refractivity contribution < 1.29 is 10.0 Å². The number of hydrogen-bond donors (Lipinski definition) is 2. The van der Waals surface area contributed by atoms with Crippen molar-refractivity contribution in [2.75, 3.05) is 0 Å². The van der Waals surface area contributed by atoms with Crippen molar-refractivity contribution in [2.24, 2.45) is 0 Å². The molecule has 2 aliphatic carbocycles. The summed E-state index contributed by atoms with van der Waals surface area (Å²) in [6.45, 7) is 0. The minimum absolute atomic E-state index is 0.393. The van der Waals surface area contributed by atoms with Gasteiger partial charge in [-0.15, -0.1) is 0 Å². The maximum absolute atomic E-state index is 8.66. The van der Waals surface area contributed by atoms with Crippen LogP contribution in [0.15, 0.2) is 48.5 Å². The minimum atomic E-state index is -1.46. The predicted octanol–water partition coefficient (Wildman–Crippen LogP) is 0.905. The molecule has 0 amide bonds. The number of hydrogen-bond acceptors (Lipinski definition) is 3. The van der Waals surface area contributed by atoms with Gasteiger partial charge in [0.05, 0.1) is 11.6 Å². The maximum Gasteiger partial charge on any atom is 0.488 e. The molecular formula is C13H10BNO2. The summed E-state index contributed by atoms with van der Waals surface area (Å²) < 4.78 is 0. The van der Waals surface area contributed by atoms with Crippen LogP contribution in [0.2, 0.25) is 0 Å². The van der Waals surface area contributed by atoms with Crippen LogP contribution in [0.25, 0.3) is 11.1 Å². The lowest BCUT2D eigenvalue weighted by Crippen LogP contribution is -2.29. The summed E-state index contributed by atoms with van der Waals surface area (Å²) in [5.41, 5.74) is 3.75. The first-order valence-corrected chi connectivity index (χ1v) is 5.17. The topological polar surface area (TPSA) is 64.2 Å². The predicted molar refractivity (Wildman–Crippen MR) is 66.4 cm³/mol. The fourth-order valence-corrected chi connectivity index (χ4v) is 1.39. The van der Waals surface area contributed by atoms with Crippen molar-refractivity contribution in [2.45, 2.75) is 0 Å². The Morgan fingerprint density at radius 3 is 1.53 bits per heavy atom. The van der Waals surface area contributed by atoms with E-state index in [0.717, 1.165) is 0 Å². The van der Waals surface area contributed by atoms with Crippen LogP contribution in [0.1, 0.15) is 5.56 Å². The van der Waals surface area contributed by atoms with E-state index in [-0.39, 0.29) is 0 Å². The van der Waals surface area contributed by atoms with Crippen molar-refractivity contribution in [3.63, 3.8) is 0 Å². The highest BCUT2D eigenvalue weighted by Crippen LogP contribution is 2.29. The largest absolute Gasteiger partial charge is 0.488 e. The monoisotopic (exact) mass is 223 g/mol. The molecule has 0 radical (unpaired) electrons. The Balaban J connectivity index is 0.000000148. The second-order valence-electron chi connectivity index (χ2n) is 3.68. The molecule has 0 unspecified atom stereocenters. The number of nitrogens with zero attached hydrogens (tertiary/aromatic N) is 1. The zero-order valence-electron chi connectivity index (χ0n) is 9.04. The molecule has 82 valence electrons. The molecule has 0 saturated heterocycles. The first-order valence-electron chi connectivity index (χ1n) is 5.17. The van der Waals surface area contributed by atoms with Crippen molar-refractivity contribution >= 4 is 12.6 Å². The molecule has 4 heteroatoms. The molecular weight excluding hydrogens is 213 g/mol. The first kappa shape index (κ1) is 11.4. The summed E-state index contributed by atoms with van der Waals surface area (Å²) in [6, 6.07) is 16.5. The SMILES string of the molecule is N#Cc1ccc(B(O)O)cc1.c1cc2ccc1-2. The van der Waals surface area contributed by atoms with Gasteiger partial charge in [-0.1, -0.05) is 36.4 Å². The van der Waals surface area contributed by atoms with E-state index in [4.69, 9.17) is 15.3 Å². The van der Waals surface area contributed by atoms with Gasteiger partial charge in [0.15, 0.2) is 0 Å². The third kappa shape index (κ3) is 2.54. The average molecular weight is 223 g/mol. The Morgan fingerprint density at radius 1 is 0.824 bits per heavy atom. The first-order chi connectivity index (χ1) is 8.20. The van der Waals surface area contributed by atoms with Crippen LogP contribution in [0.3, 0.4) is 0 Å².